The van der Waals surface area contributed by atoms with Gasteiger partial charge in [0.05, 0.1) is 0 Å². The Morgan fingerprint density at radius 3 is 2.06 bits per heavy atom. The van der Waals surface area contributed by atoms with E-state index in [2.05, 4.69) is 90.1 Å². The molecule has 2 aliphatic rings. The molecule has 48 heavy (non-hydrogen) atoms. The fourth-order valence-electron chi connectivity index (χ4n) is 5.82. The van der Waals surface area contributed by atoms with Gasteiger partial charge in [0.25, 0.3) is 0 Å². The number of halogens is 3. The molecular weight excluding hydrogens is 677 g/mol. The van der Waals surface area contributed by atoms with E-state index in [9.17, 15) is 13.2 Å². The van der Waals surface area contributed by atoms with Crippen LogP contribution in [0.25, 0.3) is 21.9 Å². The van der Waals surface area contributed by atoms with Crippen LogP contribution in [0.3, 0.4) is 0 Å². The van der Waals surface area contributed by atoms with Gasteiger partial charge in [-0.1, -0.05) is 65.3 Å². The minimum Gasteiger partial charge on any atom is -0.273 e. The van der Waals surface area contributed by atoms with Crippen molar-refractivity contribution in [2.45, 2.75) is 71.4 Å². The van der Waals surface area contributed by atoms with E-state index >= 15 is 0 Å². The molecule has 0 amide bonds. The smallest absolute Gasteiger partial charge is 0.109 e. The van der Waals surface area contributed by atoms with Crippen LogP contribution in [-0.4, -0.2) is 3.21 Å². The largest absolute Gasteiger partial charge is 0.273 e. The molecule has 0 saturated carbocycles. The summed E-state index contributed by atoms with van der Waals surface area (Å²) in [4.78, 5) is 0. The predicted octanol–water partition coefficient (Wildman–Crippen LogP) is 11.9. The molecule has 0 saturated heterocycles. The molecule has 0 bridgehead atoms. The number of fused-ring (bicyclic) bond motifs is 4. The molecular formula is C44H41F3Zr. The van der Waals surface area contributed by atoms with Gasteiger partial charge < -0.3 is 0 Å². The molecule has 5 aromatic rings. The molecule has 0 aromatic heterocycles. The minimum absolute atomic E-state index is 0.167. The van der Waals surface area contributed by atoms with Gasteiger partial charge in [0.1, 0.15) is 0 Å². The fraction of sp³-hybridized carbons (Fsp3) is 0.250. The molecule has 0 nitrogen and oxygen atoms in total. The number of benzene rings is 5. The Hall–Kier alpha value is -3.62. The SMILES string of the molecule is CC(C)(C)c1[c-]c2c(cc1)-c1ccc(C(C)(C)C)cc1C2.FC(F)(F)c1cccc([C](=[Zr+2])c2cccc3ccccc23)c1.[C-]1=CC=CC1. The average molecular weight is 718 g/mol. The van der Waals surface area contributed by atoms with E-state index in [4.69, 9.17) is 0 Å². The van der Waals surface area contributed by atoms with Crippen molar-refractivity contribution in [3.05, 3.63) is 166 Å². The topological polar surface area (TPSA) is 0 Å². The van der Waals surface area contributed by atoms with E-state index in [1.54, 1.807) is 6.07 Å². The van der Waals surface area contributed by atoms with Crippen LogP contribution in [0.1, 0.15) is 86.9 Å². The normalized spacial score (nSPS) is 13.3. The second-order valence-electron chi connectivity index (χ2n) is 14.3. The van der Waals surface area contributed by atoms with Crippen molar-refractivity contribution in [1.82, 2.24) is 0 Å². The van der Waals surface area contributed by atoms with Gasteiger partial charge in [-0.05, 0) is 28.4 Å². The summed E-state index contributed by atoms with van der Waals surface area (Å²) >= 11 is 1.09. The van der Waals surface area contributed by atoms with E-state index in [-0.39, 0.29) is 10.8 Å². The molecule has 0 aliphatic heterocycles. The zero-order valence-corrected chi connectivity index (χ0v) is 31.0. The Morgan fingerprint density at radius 2 is 1.42 bits per heavy atom. The van der Waals surface area contributed by atoms with Crippen LogP contribution in [0.15, 0.2) is 115 Å². The van der Waals surface area contributed by atoms with Crippen LogP contribution in [0.2, 0.25) is 0 Å². The van der Waals surface area contributed by atoms with Crippen LogP contribution in [0.4, 0.5) is 13.2 Å². The van der Waals surface area contributed by atoms with Crippen LogP contribution >= 0.6 is 0 Å². The second kappa shape index (κ2) is 14.5. The maximum Gasteiger partial charge on any atom is -0.109 e. The van der Waals surface area contributed by atoms with Gasteiger partial charge in [-0.2, -0.15) is 29.8 Å². The maximum absolute atomic E-state index is 12.9. The molecule has 242 valence electrons. The Balaban J connectivity index is 0.000000164. The molecule has 7 rings (SSSR count). The number of hydrogen-bond donors (Lipinski definition) is 0. The summed E-state index contributed by atoms with van der Waals surface area (Å²) in [5.41, 5.74) is 9.72. The van der Waals surface area contributed by atoms with Crippen molar-refractivity contribution in [1.29, 1.82) is 0 Å². The van der Waals surface area contributed by atoms with Crippen LogP contribution < -0.4 is 0 Å². The molecule has 0 unspecified atom stereocenters. The number of rotatable bonds is 2. The Kier molecular flexibility index (Phi) is 10.8. The van der Waals surface area contributed by atoms with E-state index < -0.39 is 11.7 Å². The van der Waals surface area contributed by atoms with Crippen molar-refractivity contribution in [3.63, 3.8) is 0 Å². The van der Waals surface area contributed by atoms with Gasteiger partial charge in [0.15, 0.2) is 0 Å². The zero-order chi connectivity index (χ0) is 34.7. The van der Waals surface area contributed by atoms with Gasteiger partial charge in [0.2, 0.25) is 0 Å². The Morgan fingerprint density at radius 1 is 0.708 bits per heavy atom. The molecule has 0 radical (unpaired) electrons. The minimum atomic E-state index is -4.31. The standard InChI is InChI=1S/C21H25.C18H11F3.C5H5.Zr/c1-20(2,3)16-7-9-18-14(12-16)11-15-13-17(21(4,5)6)8-10-19(15)18;19-18(20,21)16-9-3-5-13(12-16)11-15-8-4-7-14-6-1-2-10-17(14)15;1-2-4-5-3-1;/h7-10,12H,11H2,1-6H3;1-10,12H;1-3H,4H2;/q-1;;-1;+2. The van der Waals surface area contributed by atoms with E-state index in [0.29, 0.717) is 5.56 Å². The van der Waals surface area contributed by atoms with Crippen LogP contribution in [0.5, 0.6) is 0 Å². The first kappa shape index (κ1) is 35.7. The molecule has 0 N–H and O–H groups in total. The summed E-state index contributed by atoms with van der Waals surface area (Å²) in [6, 6.07) is 34.5. The van der Waals surface area contributed by atoms with Gasteiger partial charge >= 0.3 is 141 Å². The molecule has 0 spiro atoms. The summed E-state index contributed by atoms with van der Waals surface area (Å²) < 4.78 is 39.6. The zero-order valence-electron chi connectivity index (χ0n) is 28.5. The first-order valence-corrected chi connectivity index (χ1v) is 17.5. The van der Waals surface area contributed by atoms with Gasteiger partial charge in [-0.25, -0.2) is 12.2 Å². The van der Waals surface area contributed by atoms with Crippen LogP contribution in [-0.2, 0) is 47.7 Å². The third kappa shape index (κ3) is 8.50. The number of hydrogen-bond acceptors (Lipinski definition) is 0. The molecule has 5 aromatic carbocycles. The van der Waals surface area contributed by atoms with E-state index in [1.165, 1.54) is 45.5 Å². The summed E-state index contributed by atoms with van der Waals surface area (Å²) in [5, 5.41) is 2.15. The molecule has 4 heteroatoms. The number of allylic oxidation sites excluding steroid dienone is 4. The molecule has 0 atom stereocenters. The quantitative estimate of drug-likeness (QED) is 0.156. The Bertz CT molecular complexity index is 1920. The Labute approximate surface area is 298 Å². The van der Waals surface area contributed by atoms with Gasteiger partial charge in [-0.3, -0.25) is 6.08 Å². The summed E-state index contributed by atoms with van der Waals surface area (Å²) in [5.74, 6) is 0. The second-order valence-corrected chi connectivity index (χ2v) is 15.5. The van der Waals surface area contributed by atoms with Crippen molar-refractivity contribution in [3.8, 4) is 11.1 Å². The van der Waals surface area contributed by atoms with Gasteiger partial charge in [0, 0.05) is 0 Å². The monoisotopic (exact) mass is 716 g/mol. The summed E-state index contributed by atoms with van der Waals surface area (Å²) in [6.07, 6.45) is 6.71. The third-order valence-electron chi connectivity index (χ3n) is 8.59. The van der Waals surface area contributed by atoms with E-state index in [0.717, 1.165) is 62.7 Å². The maximum atomic E-state index is 12.9. The van der Waals surface area contributed by atoms with Crippen molar-refractivity contribution in [2.75, 3.05) is 0 Å². The summed E-state index contributed by atoms with van der Waals surface area (Å²) in [6.45, 7) is 13.6. The first-order valence-electron chi connectivity index (χ1n) is 16.3. The molecule has 0 heterocycles. The summed E-state index contributed by atoms with van der Waals surface area (Å²) in [7, 11) is 0. The van der Waals surface area contributed by atoms with Crippen molar-refractivity contribution >= 4 is 14.0 Å². The first-order chi connectivity index (χ1) is 22.6. The van der Waals surface area contributed by atoms with Crippen LogP contribution in [0, 0.1) is 12.1 Å². The van der Waals surface area contributed by atoms with Crippen molar-refractivity contribution in [2.24, 2.45) is 0 Å². The third-order valence-corrected chi connectivity index (χ3v) is 9.96. The number of alkyl halides is 3. The van der Waals surface area contributed by atoms with Crippen molar-refractivity contribution < 1.29 is 37.4 Å². The molecule has 2 aliphatic carbocycles. The molecule has 0 fully saturated rings. The predicted molar refractivity (Wildman–Crippen MR) is 191 cm³/mol. The van der Waals surface area contributed by atoms with Gasteiger partial charge in [-0.15, -0.1) is 17.5 Å². The van der Waals surface area contributed by atoms with E-state index in [1.807, 2.05) is 54.6 Å². The fourth-order valence-corrected chi connectivity index (χ4v) is 6.74. The average Bonchev–Trinajstić information content (AvgIpc) is 3.75.